The number of hydrogen-bond acceptors (Lipinski definition) is 5. The van der Waals surface area contributed by atoms with E-state index in [0.717, 1.165) is 23.5 Å². The predicted molar refractivity (Wildman–Crippen MR) is 89.5 cm³/mol. The Morgan fingerprint density at radius 3 is 2.83 bits per heavy atom. The molecule has 0 atom stereocenters. The van der Waals surface area contributed by atoms with Gasteiger partial charge in [0.15, 0.2) is 5.82 Å². The highest BCUT2D eigenvalue weighted by molar-refractivity contribution is 7.09. The molecule has 0 aliphatic carbocycles. The minimum absolute atomic E-state index is 0.141. The molecule has 6 heteroatoms. The Kier molecular flexibility index (Phi) is 4.83. The van der Waals surface area contributed by atoms with E-state index in [1.54, 1.807) is 24.3 Å². The van der Waals surface area contributed by atoms with Crippen LogP contribution in [0.2, 0.25) is 0 Å². The fraction of sp³-hybridized carbons (Fsp3) is 0.235. The van der Waals surface area contributed by atoms with Crippen LogP contribution in [0.15, 0.2) is 46.3 Å². The summed E-state index contributed by atoms with van der Waals surface area (Å²) in [7, 11) is 0. The van der Waals surface area contributed by atoms with Gasteiger partial charge in [0, 0.05) is 17.9 Å². The summed E-state index contributed by atoms with van der Waals surface area (Å²) in [5, 5.41) is 9.43. The van der Waals surface area contributed by atoms with Gasteiger partial charge in [-0.05, 0) is 18.9 Å². The lowest BCUT2D eigenvalue weighted by Gasteiger charge is -1.99. The SMILES string of the molecule is Cc1cc(NC(=O)Cc2csc(CCc3ccccc3)n2)no1. The number of anilines is 1. The number of carbonyl (C=O) groups is 1. The van der Waals surface area contributed by atoms with Gasteiger partial charge in [-0.25, -0.2) is 4.98 Å². The van der Waals surface area contributed by atoms with Crippen LogP contribution in [0.25, 0.3) is 0 Å². The third kappa shape index (κ3) is 4.50. The van der Waals surface area contributed by atoms with Crippen LogP contribution in [-0.4, -0.2) is 16.0 Å². The molecule has 1 amide bonds. The Morgan fingerprint density at radius 1 is 1.26 bits per heavy atom. The van der Waals surface area contributed by atoms with Crippen molar-refractivity contribution < 1.29 is 9.32 Å². The maximum atomic E-state index is 12.0. The maximum absolute atomic E-state index is 12.0. The normalized spacial score (nSPS) is 10.7. The Balaban J connectivity index is 1.51. The number of aromatic nitrogens is 2. The Bertz CT molecular complexity index is 780. The third-order valence-corrected chi connectivity index (χ3v) is 4.26. The van der Waals surface area contributed by atoms with Crippen LogP contribution in [-0.2, 0) is 24.1 Å². The van der Waals surface area contributed by atoms with Gasteiger partial charge in [-0.2, -0.15) is 0 Å². The van der Waals surface area contributed by atoms with Gasteiger partial charge in [0.2, 0.25) is 5.91 Å². The van der Waals surface area contributed by atoms with E-state index in [1.165, 1.54) is 5.56 Å². The number of amides is 1. The molecule has 0 unspecified atom stereocenters. The van der Waals surface area contributed by atoms with Gasteiger partial charge in [-0.3, -0.25) is 4.79 Å². The zero-order valence-electron chi connectivity index (χ0n) is 12.8. The summed E-state index contributed by atoms with van der Waals surface area (Å²) in [6.45, 7) is 1.78. The fourth-order valence-electron chi connectivity index (χ4n) is 2.22. The lowest BCUT2D eigenvalue weighted by atomic mass is 10.1. The van der Waals surface area contributed by atoms with Crippen LogP contribution in [0.5, 0.6) is 0 Å². The molecule has 0 bridgehead atoms. The van der Waals surface area contributed by atoms with E-state index in [1.807, 2.05) is 23.6 Å². The van der Waals surface area contributed by atoms with Crippen LogP contribution >= 0.6 is 11.3 Å². The molecule has 0 radical (unpaired) electrons. The minimum atomic E-state index is -0.141. The number of thiazole rings is 1. The van der Waals surface area contributed by atoms with Crippen LogP contribution in [0, 0.1) is 6.92 Å². The topological polar surface area (TPSA) is 68.0 Å². The molecule has 0 fully saturated rings. The molecule has 118 valence electrons. The van der Waals surface area contributed by atoms with Crippen LogP contribution in [0.4, 0.5) is 5.82 Å². The molecule has 0 aliphatic rings. The second-order valence-corrected chi connectivity index (χ2v) is 6.21. The summed E-state index contributed by atoms with van der Waals surface area (Å²) in [6, 6.07) is 12.0. The zero-order chi connectivity index (χ0) is 16.1. The summed E-state index contributed by atoms with van der Waals surface area (Å²) in [5.74, 6) is 0.961. The summed E-state index contributed by atoms with van der Waals surface area (Å²) in [4.78, 5) is 16.5. The molecule has 0 saturated carbocycles. The Morgan fingerprint density at radius 2 is 2.09 bits per heavy atom. The lowest BCUT2D eigenvalue weighted by Crippen LogP contribution is -2.14. The van der Waals surface area contributed by atoms with E-state index in [4.69, 9.17) is 4.52 Å². The van der Waals surface area contributed by atoms with E-state index in [9.17, 15) is 4.79 Å². The lowest BCUT2D eigenvalue weighted by molar-refractivity contribution is -0.115. The molecule has 3 aromatic rings. The molecule has 0 saturated heterocycles. The van der Waals surface area contributed by atoms with Crippen molar-refractivity contribution in [1.82, 2.24) is 10.1 Å². The standard InChI is InChI=1S/C17H17N3O2S/c1-12-9-15(20-22-12)19-16(21)10-14-11-23-17(18-14)8-7-13-5-3-2-4-6-13/h2-6,9,11H,7-8,10H2,1H3,(H,19,20,21). The smallest absolute Gasteiger partial charge is 0.231 e. The van der Waals surface area contributed by atoms with Crippen molar-refractivity contribution in [3.05, 3.63) is 63.8 Å². The van der Waals surface area contributed by atoms with Crippen molar-refractivity contribution in [2.75, 3.05) is 5.32 Å². The second-order valence-electron chi connectivity index (χ2n) is 5.27. The number of rotatable bonds is 6. The quantitative estimate of drug-likeness (QED) is 0.753. The molecular formula is C17H17N3O2S. The Hall–Kier alpha value is -2.47. The van der Waals surface area contributed by atoms with E-state index in [-0.39, 0.29) is 12.3 Å². The Labute approximate surface area is 138 Å². The van der Waals surface area contributed by atoms with Crippen molar-refractivity contribution in [3.8, 4) is 0 Å². The molecule has 1 N–H and O–H groups in total. The first kappa shape index (κ1) is 15.4. The van der Waals surface area contributed by atoms with Gasteiger partial charge in [0.05, 0.1) is 17.1 Å². The third-order valence-electron chi connectivity index (χ3n) is 3.31. The molecular weight excluding hydrogens is 310 g/mol. The molecule has 2 heterocycles. The first-order valence-corrected chi connectivity index (χ1v) is 8.27. The van der Waals surface area contributed by atoms with Gasteiger partial charge >= 0.3 is 0 Å². The highest BCUT2D eigenvalue weighted by Crippen LogP contribution is 2.14. The zero-order valence-corrected chi connectivity index (χ0v) is 13.6. The van der Waals surface area contributed by atoms with Crippen molar-refractivity contribution in [1.29, 1.82) is 0 Å². The van der Waals surface area contributed by atoms with Gasteiger partial charge < -0.3 is 9.84 Å². The number of benzene rings is 1. The number of aryl methyl sites for hydroxylation is 3. The maximum Gasteiger partial charge on any atom is 0.231 e. The van der Waals surface area contributed by atoms with Crippen molar-refractivity contribution in [3.63, 3.8) is 0 Å². The second kappa shape index (κ2) is 7.19. The largest absolute Gasteiger partial charge is 0.360 e. The van der Waals surface area contributed by atoms with Gasteiger partial charge in [0.25, 0.3) is 0 Å². The summed E-state index contributed by atoms with van der Waals surface area (Å²) in [5.41, 5.74) is 2.08. The van der Waals surface area contributed by atoms with E-state index >= 15 is 0 Å². The fourth-order valence-corrected chi connectivity index (χ4v) is 3.02. The van der Waals surface area contributed by atoms with Crippen LogP contribution in [0.1, 0.15) is 22.0 Å². The number of nitrogens with one attached hydrogen (secondary N) is 1. The van der Waals surface area contributed by atoms with Crippen molar-refractivity contribution in [2.45, 2.75) is 26.2 Å². The summed E-state index contributed by atoms with van der Waals surface area (Å²) < 4.78 is 4.92. The van der Waals surface area contributed by atoms with E-state index in [2.05, 4.69) is 27.6 Å². The highest BCUT2D eigenvalue weighted by Gasteiger charge is 2.10. The van der Waals surface area contributed by atoms with Crippen LogP contribution < -0.4 is 5.32 Å². The first-order valence-electron chi connectivity index (χ1n) is 7.39. The van der Waals surface area contributed by atoms with E-state index in [0.29, 0.717) is 11.6 Å². The van der Waals surface area contributed by atoms with Crippen molar-refractivity contribution in [2.24, 2.45) is 0 Å². The van der Waals surface area contributed by atoms with Crippen LogP contribution in [0.3, 0.4) is 0 Å². The predicted octanol–water partition coefficient (Wildman–Crippen LogP) is 3.41. The van der Waals surface area contributed by atoms with Gasteiger partial charge in [-0.1, -0.05) is 35.5 Å². The minimum Gasteiger partial charge on any atom is -0.360 e. The average molecular weight is 327 g/mol. The molecule has 0 aliphatic heterocycles. The molecule has 5 nitrogen and oxygen atoms in total. The monoisotopic (exact) mass is 327 g/mol. The summed E-state index contributed by atoms with van der Waals surface area (Å²) in [6.07, 6.45) is 2.09. The number of nitrogens with zero attached hydrogens (tertiary/aromatic N) is 2. The highest BCUT2D eigenvalue weighted by atomic mass is 32.1. The molecule has 0 spiro atoms. The molecule has 23 heavy (non-hydrogen) atoms. The number of carbonyl (C=O) groups excluding carboxylic acids is 1. The van der Waals surface area contributed by atoms with E-state index < -0.39 is 0 Å². The molecule has 1 aromatic carbocycles. The van der Waals surface area contributed by atoms with Gasteiger partial charge in [0.1, 0.15) is 5.76 Å². The van der Waals surface area contributed by atoms with Gasteiger partial charge in [-0.15, -0.1) is 11.3 Å². The first-order chi connectivity index (χ1) is 11.2. The molecule has 3 rings (SSSR count). The molecule has 2 aromatic heterocycles. The summed E-state index contributed by atoms with van der Waals surface area (Å²) >= 11 is 1.60. The van der Waals surface area contributed by atoms with Crippen molar-refractivity contribution >= 4 is 23.1 Å². The number of hydrogen-bond donors (Lipinski definition) is 1. The average Bonchev–Trinajstić information content (AvgIpc) is 3.15.